The summed E-state index contributed by atoms with van der Waals surface area (Å²) in [5.41, 5.74) is 5.56. The molecular formula is C12H18BrFN2O2S. The summed E-state index contributed by atoms with van der Waals surface area (Å²) in [5.74, 6) is -0.581. The van der Waals surface area contributed by atoms with Gasteiger partial charge in [-0.15, -0.1) is 0 Å². The van der Waals surface area contributed by atoms with Crippen molar-refractivity contribution in [3.63, 3.8) is 0 Å². The van der Waals surface area contributed by atoms with Gasteiger partial charge >= 0.3 is 0 Å². The second-order valence-corrected chi connectivity index (χ2v) is 6.98. The average molecular weight is 353 g/mol. The van der Waals surface area contributed by atoms with Crippen molar-refractivity contribution < 1.29 is 12.8 Å². The highest BCUT2D eigenvalue weighted by atomic mass is 79.9. The van der Waals surface area contributed by atoms with E-state index in [4.69, 9.17) is 5.73 Å². The van der Waals surface area contributed by atoms with Gasteiger partial charge < -0.3 is 5.73 Å². The summed E-state index contributed by atoms with van der Waals surface area (Å²) in [6, 6.07) is 2.09. The van der Waals surface area contributed by atoms with E-state index in [0.717, 1.165) is 6.07 Å². The number of benzene rings is 1. The van der Waals surface area contributed by atoms with Gasteiger partial charge in [-0.05, 0) is 41.4 Å². The average Bonchev–Trinajstić information content (AvgIpc) is 2.33. The second-order valence-electron chi connectivity index (χ2n) is 4.27. The monoisotopic (exact) mass is 352 g/mol. The van der Waals surface area contributed by atoms with Crippen LogP contribution in [0.1, 0.15) is 27.2 Å². The molecule has 108 valence electrons. The molecular weight excluding hydrogens is 335 g/mol. The van der Waals surface area contributed by atoms with Crippen molar-refractivity contribution in [2.45, 2.75) is 38.1 Å². The molecule has 1 rings (SSSR count). The third-order valence-electron chi connectivity index (χ3n) is 3.03. The molecule has 0 radical (unpaired) electrons. The van der Waals surface area contributed by atoms with Gasteiger partial charge in [0.1, 0.15) is 10.7 Å². The molecule has 0 aliphatic carbocycles. The fourth-order valence-corrected chi connectivity index (χ4v) is 4.15. The van der Waals surface area contributed by atoms with Crippen molar-refractivity contribution in [2.24, 2.45) is 0 Å². The van der Waals surface area contributed by atoms with Gasteiger partial charge in [0.25, 0.3) is 0 Å². The number of hydrogen-bond donors (Lipinski definition) is 1. The van der Waals surface area contributed by atoms with Gasteiger partial charge in [-0.1, -0.05) is 13.8 Å². The predicted molar refractivity (Wildman–Crippen MR) is 77.8 cm³/mol. The molecule has 0 aliphatic heterocycles. The van der Waals surface area contributed by atoms with Gasteiger partial charge in [0, 0.05) is 12.6 Å². The highest BCUT2D eigenvalue weighted by Crippen LogP contribution is 2.29. The Hall–Kier alpha value is -0.660. The van der Waals surface area contributed by atoms with Crippen LogP contribution >= 0.6 is 15.9 Å². The van der Waals surface area contributed by atoms with Crippen LogP contribution in [0.3, 0.4) is 0 Å². The van der Waals surface area contributed by atoms with E-state index in [1.54, 1.807) is 6.92 Å². The normalized spacial score (nSPS) is 13.8. The van der Waals surface area contributed by atoms with Gasteiger partial charge in [-0.25, -0.2) is 12.8 Å². The highest BCUT2D eigenvalue weighted by molar-refractivity contribution is 9.10. The van der Waals surface area contributed by atoms with E-state index in [9.17, 15) is 12.8 Å². The van der Waals surface area contributed by atoms with Crippen molar-refractivity contribution in [1.29, 1.82) is 0 Å². The Morgan fingerprint density at radius 1 is 1.42 bits per heavy atom. The van der Waals surface area contributed by atoms with Crippen LogP contribution in [0.4, 0.5) is 10.1 Å². The molecule has 0 aromatic heterocycles. The van der Waals surface area contributed by atoms with Crippen molar-refractivity contribution in [3.8, 4) is 0 Å². The van der Waals surface area contributed by atoms with Crippen LogP contribution in [-0.2, 0) is 10.0 Å². The van der Waals surface area contributed by atoms with E-state index in [0.29, 0.717) is 13.0 Å². The summed E-state index contributed by atoms with van der Waals surface area (Å²) in [5, 5.41) is 0. The van der Waals surface area contributed by atoms with E-state index in [1.165, 1.54) is 10.4 Å². The minimum atomic E-state index is -3.72. The molecule has 7 heteroatoms. The largest absolute Gasteiger partial charge is 0.398 e. The molecule has 0 saturated heterocycles. The third-order valence-corrected chi connectivity index (χ3v) is 5.79. The van der Waals surface area contributed by atoms with E-state index >= 15 is 0 Å². The highest BCUT2D eigenvalue weighted by Gasteiger charge is 2.29. The lowest BCUT2D eigenvalue weighted by Crippen LogP contribution is -2.38. The van der Waals surface area contributed by atoms with Crippen LogP contribution < -0.4 is 5.73 Å². The standard InChI is InChI=1S/C12H18BrFN2O2S/c1-4-8(3)16(5-2)19(17,18)12-6-9(13)10(14)7-11(12)15/h6-8H,4-5,15H2,1-3H3. The third kappa shape index (κ3) is 3.27. The van der Waals surface area contributed by atoms with Crippen LogP contribution in [0, 0.1) is 5.82 Å². The van der Waals surface area contributed by atoms with Gasteiger partial charge in [0.15, 0.2) is 0 Å². The summed E-state index contributed by atoms with van der Waals surface area (Å²) >= 11 is 2.98. The lowest BCUT2D eigenvalue weighted by atomic mass is 10.3. The van der Waals surface area contributed by atoms with Gasteiger partial charge in [-0.2, -0.15) is 4.31 Å². The van der Waals surface area contributed by atoms with E-state index in [1.807, 2.05) is 13.8 Å². The molecule has 0 amide bonds. The second kappa shape index (κ2) is 6.19. The van der Waals surface area contributed by atoms with Crippen LogP contribution in [0.2, 0.25) is 0 Å². The summed E-state index contributed by atoms with van der Waals surface area (Å²) in [6.45, 7) is 5.84. The zero-order valence-corrected chi connectivity index (χ0v) is 13.6. The molecule has 0 bridgehead atoms. The first-order chi connectivity index (χ1) is 8.75. The molecule has 1 unspecified atom stereocenters. The van der Waals surface area contributed by atoms with E-state index in [2.05, 4.69) is 15.9 Å². The number of hydrogen-bond acceptors (Lipinski definition) is 3. The van der Waals surface area contributed by atoms with Gasteiger partial charge in [0.05, 0.1) is 10.2 Å². The molecule has 0 saturated carbocycles. The first kappa shape index (κ1) is 16.4. The predicted octanol–water partition coefficient (Wildman–Crippen LogP) is 2.98. The minimum absolute atomic E-state index is 0.0667. The van der Waals surface area contributed by atoms with Crippen molar-refractivity contribution >= 4 is 31.6 Å². The lowest BCUT2D eigenvalue weighted by Gasteiger charge is -2.27. The van der Waals surface area contributed by atoms with Gasteiger partial charge in [0.2, 0.25) is 10.0 Å². The molecule has 0 heterocycles. The summed E-state index contributed by atoms with van der Waals surface area (Å²) in [6.07, 6.45) is 0.690. The smallest absolute Gasteiger partial charge is 0.245 e. The number of nitrogen functional groups attached to an aromatic ring is 1. The number of anilines is 1. The number of halogens is 2. The topological polar surface area (TPSA) is 63.4 Å². The Morgan fingerprint density at radius 3 is 2.47 bits per heavy atom. The van der Waals surface area contributed by atoms with Gasteiger partial charge in [-0.3, -0.25) is 0 Å². The fraction of sp³-hybridized carbons (Fsp3) is 0.500. The summed E-state index contributed by atoms with van der Waals surface area (Å²) < 4.78 is 39.9. The van der Waals surface area contributed by atoms with E-state index in [-0.39, 0.29) is 21.1 Å². The Balaban J connectivity index is 3.38. The Labute approximate surface area is 122 Å². The maximum absolute atomic E-state index is 13.3. The first-order valence-corrected chi connectivity index (χ1v) is 8.25. The number of nitrogens with zero attached hydrogens (tertiary/aromatic N) is 1. The number of rotatable bonds is 5. The first-order valence-electron chi connectivity index (χ1n) is 6.02. The minimum Gasteiger partial charge on any atom is -0.398 e. The summed E-state index contributed by atoms with van der Waals surface area (Å²) in [7, 11) is -3.72. The zero-order valence-electron chi connectivity index (χ0n) is 11.2. The molecule has 0 aliphatic rings. The quantitative estimate of drug-likeness (QED) is 0.828. The van der Waals surface area contributed by atoms with Crippen LogP contribution in [-0.4, -0.2) is 25.3 Å². The molecule has 0 fully saturated rings. The Bertz CT molecular complexity index is 563. The van der Waals surface area contributed by atoms with Crippen LogP contribution in [0.15, 0.2) is 21.5 Å². The number of sulfonamides is 1. The van der Waals surface area contributed by atoms with Crippen molar-refractivity contribution in [1.82, 2.24) is 4.31 Å². The molecule has 0 spiro atoms. The molecule has 4 nitrogen and oxygen atoms in total. The fourth-order valence-electron chi connectivity index (χ4n) is 1.82. The Kier molecular flexibility index (Phi) is 5.34. The van der Waals surface area contributed by atoms with Crippen LogP contribution in [0.25, 0.3) is 0 Å². The molecule has 1 atom stereocenters. The van der Waals surface area contributed by atoms with Crippen molar-refractivity contribution in [2.75, 3.05) is 12.3 Å². The molecule has 1 aromatic carbocycles. The Morgan fingerprint density at radius 2 is 2.00 bits per heavy atom. The van der Waals surface area contributed by atoms with Crippen molar-refractivity contribution in [3.05, 3.63) is 22.4 Å². The summed E-state index contributed by atoms with van der Waals surface area (Å²) in [4.78, 5) is -0.0667. The van der Waals surface area contributed by atoms with E-state index < -0.39 is 15.8 Å². The maximum atomic E-state index is 13.3. The van der Waals surface area contributed by atoms with Crippen LogP contribution in [0.5, 0.6) is 0 Å². The molecule has 2 N–H and O–H groups in total. The maximum Gasteiger partial charge on any atom is 0.245 e. The molecule has 19 heavy (non-hydrogen) atoms. The number of nitrogens with two attached hydrogens (primary N) is 1. The zero-order chi connectivity index (χ0) is 14.8. The molecule has 1 aromatic rings. The lowest BCUT2D eigenvalue weighted by molar-refractivity contribution is 0.342. The SMILES string of the molecule is CCC(C)N(CC)S(=O)(=O)c1cc(Br)c(F)cc1N.